The summed E-state index contributed by atoms with van der Waals surface area (Å²) >= 11 is 3.26. The molecule has 0 aromatic heterocycles. The Morgan fingerprint density at radius 1 is 0.950 bits per heavy atom. The maximum Gasteiger partial charge on any atom is 0.178 e. The average Bonchev–Trinajstić information content (AvgIpc) is 2.46. The number of Topliss-reactive ketones (excluding diaryl/α,β-unsaturated/α-hetero) is 1. The Morgan fingerprint density at radius 3 is 2.15 bits per heavy atom. The third kappa shape index (κ3) is 3.77. The first kappa shape index (κ1) is 14.9. The Bertz CT molecular complexity index is 692. The van der Waals surface area contributed by atoms with Crippen LogP contribution in [0.1, 0.15) is 16.8 Å². The molecule has 2 aromatic rings. The third-order valence-electron chi connectivity index (χ3n) is 2.87. The van der Waals surface area contributed by atoms with Gasteiger partial charge in [0.2, 0.25) is 0 Å². The second kappa shape index (κ2) is 6.33. The molecule has 0 aliphatic heterocycles. The van der Waals surface area contributed by atoms with Gasteiger partial charge in [0.15, 0.2) is 15.6 Å². The van der Waals surface area contributed by atoms with Gasteiger partial charge in [-0.1, -0.05) is 46.3 Å². The number of halogens is 1. The number of rotatable bonds is 5. The van der Waals surface area contributed by atoms with E-state index in [2.05, 4.69) is 15.9 Å². The zero-order valence-corrected chi connectivity index (χ0v) is 13.0. The van der Waals surface area contributed by atoms with E-state index in [9.17, 15) is 13.2 Å². The lowest BCUT2D eigenvalue weighted by atomic mass is 10.1. The zero-order chi connectivity index (χ0) is 14.6. The number of ketones is 1. The van der Waals surface area contributed by atoms with Crippen LogP contribution in [0.2, 0.25) is 0 Å². The van der Waals surface area contributed by atoms with Crippen LogP contribution in [0.3, 0.4) is 0 Å². The molecule has 0 N–H and O–H groups in total. The standard InChI is InChI=1S/C15H13BrO3S/c16-13-6-8-14(9-7-13)20(18,19)11-10-15(17)12-4-2-1-3-5-12/h1-9H,10-11H2. The molecule has 0 aliphatic carbocycles. The van der Waals surface area contributed by atoms with Crippen LogP contribution in [0.15, 0.2) is 64.0 Å². The van der Waals surface area contributed by atoms with Crippen molar-refractivity contribution in [3.8, 4) is 0 Å². The summed E-state index contributed by atoms with van der Waals surface area (Å²) in [4.78, 5) is 12.1. The summed E-state index contributed by atoms with van der Waals surface area (Å²) in [6.45, 7) is 0. The Kier molecular flexibility index (Phi) is 4.73. The number of carbonyl (C=O) groups excluding carboxylic acids is 1. The van der Waals surface area contributed by atoms with Crippen LogP contribution in [0, 0.1) is 0 Å². The molecule has 2 rings (SSSR count). The molecule has 3 nitrogen and oxygen atoms in total. The van der Waals surface area contributed by atoms with E-state index in [1.54, 1.807) is 36.4 Å². The lowest BCUT2D eigenvalue weighted by molar-refractivity contribution is 0.0989. The van der Waals surface area contributed by atoms with Crippen molar-refractivity contribution in [2.75, 3.05) is 5.75 Å². The van der Waals surface area contributed by atoms with Gasteiger partial charge in [0.05, 0.1) is 10.6 Å². The van der Waals surface area contributed by atoms with Crippen molar-refractivity contribution < 1.29 is 13.2 Å². The topological polar surface area (TPSA) is 51.2 Å². The van der Waals surface area contributed by atoms with Crippen LogP contribution in [0.5, 0.6) is 0 Å². The van der Waals surface area contributed by atoms with Crippen molar-refractivity contribution in [3.05, 3.63) is 64.6 Å². The molecular weight excluding hydrogens is 340 g/mol. The van der Waals surface area contributed by atoms with E-state index in [1.165, 1.54) is 12.1 Å². The first-order valence-electron chi connectivity index (χ1n) is 6.05. The van der Waals surface area contributed by atoms with E-state index in [4.69, 9.17) is 0 Å². The summed E-state index contributed by atoms with van der Waals surface area (Å²) in [6, 6.07) is 15.1. The number of hydrogen-bond donors (Lipinski definition) is 0. The second-order valence-corrected chi connectivity index (χ2v) is 7.34. The Hall–Kier alpha value is -1.46. The van der Waals surface area contributed by atoms with Crippen LogP contribution >= 0.6 is 15.9 Å². The van der Waals surface area contributed by atoms with Gasteiger partial charge in [-0.3, -0.25) is 4.79 Å². The molecule has 0 atom stereocenters. The first-order valence-corrected chi connectivity index (χ1v) is 8.50. The van der Waals surface area contributed by atoms with Crippen molar-refractivity contribution in [1.82, 2.24) is 0 Å². The minimum absolute atomic E-state index is 0.0115. The fourth-order valence-corrected chi connectivity index (χ4v) is 3.26. The molecule has 0 fully saturated rings. The molecule has 20 heavy (non-hydrogen) atoms. The van der Waals surface area contributed by atoms with Gasteiger partial charge in [-0.2, -0.15) is 0 Å². The van der Waals surface area contributed by atoms with Gasteiger partial charge in [-0.15, -0.1) is 0 Å². The second-order valence-electron chi connectivity index (χ2n) is 4.31. The van der Waals surface area contributed by atoms with Crippen LogP contribution in [-0.4, -0.2) is 20.0 Å². The Balaban J connectivity index is 2.06. The molecule has 0 spiro atoms. The number of hydrogen-bond acceptors (Lipinski definition) is 3. The number of carbonyl (C=O) groups is 1. The van der Waals surface area contributed by atoms with Crippen molar-refractivity contribution in [3.63, 3.8) is 0 Å². The van der Waals surface area contributed by atoms with Crippen LogP contribution in [0.25, 0.3) is 0 Å². The normalized spacial score (nSPS) is 11.2. The van der Waals surface area contributed by atoms with Crippen LogP contribution < -0.4 is 0 Å². The third-order valence-corrected chi connectivity index (χ3v) is 5.13. The highest BCUT2D eigenvalue weighted by Crippen LogP contribution is 2.17. The molecule has 0 unspecified atom stereocenters. The highest BCUT2D eigenvalue weighted by Gasteiger charge is 2.16. The largest absolute Gasteiger partial charge is 0.294 e. The van der Waals surface area contributed by atoms with E-state index < -0.39 is 9.84 Å². The van der Waals surface area contributed by atoms with E-state index >= 15 is 0 Å². The SMILES string of the molecule is O=C(CCS(=O)(=O)c1ccc(Br)cc1)c1ccccc1. The minimum atomic E-state index is -3.42. The lowest BCUT2D eigenvalue weighted by Gasteiger charge is -2.04. The molecule has 0 saturated heterocycles. The van der Waals surface area contributed by atoms with Crippen molar-refractivity contribution in [2.24, 2.45) is 0 Å². The Morgan fingerprint density at radius 2 is 1.55 bits per heavy atom. The maximum absolute atomic E-state index is 12.1. The van der Waals surface area contributed by atoms with E-state index in [0.717, 1.165) is 4.47 Å². The van der Waals surface area contributed by atoms with Crippen molar-refractivity contribution in [2.45, 2.75) is 11.3 Å². The molecule has 0 radical (unpaired) electrons. The van der Waals surface area contributed by atoms with Gasteiger partial charge in [0, 0.05) is 16.5 Å². The number of sulfone groups is 1. The van der Waals surface area contributed by atoms with Crippen LogP contribution in [0.4, 0.5) is 0 Å². The molecule has 2 aromatic carbocycles. The molecule has 0 amide bonds. The molecule has 0 aliphatic rings. The molecule has 5 heteroatoms. The summed E-state index contributed by atoms with van der Waals surface area (Å²) < 4.78 is 25.0. The summed E-state index contributed by atoms with van der Waals surface area (Å²) in [7, 11) is -3.42. The smallest absolute Gasteiger partial charge is 0.178 e. The highest BCUT2D eigenvalue weighted by molar-refractivity contribution is 9.10. The van der Waals surface area contributed by atoms with Crippen molar-refractivity contribution in [1.29, 1.82) is 0 Å². The first-order chi connectivity index (χ1) is 9.49. The Labute approximate surface area is 126 Å². The fraction of sp³-hybridized carbons (Fsp3) is 0.133. The van der Waals surface area contributed by atoms with Crippen LogP contribution in [-0.2, 0) is 9.84 Å². The van der Waals surface area contributed by atoms with E-state index in [0.29, 0.717) is 5.56 Å². The molecule has 104 valence electrons. The van der Waals surface area contributed by atoms with Crippen molar-refractivity contribution >= 4 is 31.6 Å². The zero-order valence-electron chi connectivity index (χ0n) is 10.6. The van der Waals surface area contributed by atoms with Gasteiger partial charge in [-0.25, -0.2) is 8.42 Å². The highest BCUT2D eigenvalue weighted by atomic mass is 79.9. The fourth-order valence-electron chi connectivity index (χ4n) is 1.76. The molecule has 0 bridgehead atoms. The molecule has 0 heterocycles. The van der Waals surface area contributed by atoms with Gasteiger partial charge < -0.3 is 0 Å². The number of benzene rings is 2. The minimum Gasteiger partial charge on any atom is -0.294 e. The average molecular weight is 353 g/mol. The quantitative estimate of drug-likeness (QED) is 0.773. The molecular formula is C15H13BrO3S. The summed E-state index contributed by atoms with van der Waals surface area (Å²) in [5.74, 6) is -0.339. The van der Waals surface area contributed by atoms with E-state index in [-0.39, 0.29) is 22.9 Å². The predicted octanol–water partition coefficient (Wildman–Crippen LogP) is 3.50. The van der Waals surface area contributed by atoms with Gasteiger partial charge in [0.25, 0.3) is 0 Å². The summed E-state index contributed by atoms with van der Waals surface area (Å²) in [6.07, 6.45) is -0.0115. The van der Waals surface area contributed by atoms with Gasteiger partial charge in [-0.05, 0) is 24.3 Å². The van der Waals surface area contributed by atoms with Gasteiger partial charge in [0.1, 0.15) is 0 Å². The van der Waals surface area contributed by atoms with E-state index in [1.807, 2.05) is 6.07 Å². The maximum atomic E-state index is 12.1. The molecule has 0 saturated carbocycles. The summed E-state index contributed by atoms with van der Waals surface area (Å²) in [5.41, 5.74) is 0.540. The van der Waals surface area contributed by atoms with Gasteiger partial charge >= 0.3 is 0 Å². The lowest BCUT2D eigenvalue weighted by Crippen LogP contribution is -2.11. The predicted molar refractivity (Wildman–Crippen MR) is 81.6 cm³/mol. The monoisotopic (exact) mass is 352 g/mol. The summed E-state index contributed by atoms with van der Waals surface area (Å²) in [5, 5.41) is 0.